The molecule has 5 nitrogen and oxygen atoms in total. The summed E-state index contributed by atoms with van der Waals surface area (Å²) in [6.45, 7) is 3.83. The van der Waals surface area contributed by atoms with Crippen LogP contribution in [0.4, 0.5) is 0 Å². The lowest BCUT2D eigenvalue weighted by molar-refractivity contribution is -0.135. The molecule has 17 heavy (non-hydrogen) atoms. The number of aromatic nitrogens is 1. The van der Waals surface area contributed by atoms with Crippen LogP contribution in [0.15, 0.2) is 24.4 Å². The molecule has 0 aliphatic heterocycles. The number of rotatable bonds is 5. The van der Waals surface area contributed by atoms with Gasteiger partial charge in [-0.1, -0.05) is 6.07 Å². The van der Waals surface area contributed by atoms with Gasteiger partial charge in [0.05, 0.1) is 12.1 Å². The summed E-state index contributed by atoms with van der Waals surface area (Å²) in [5.74, 6) is -0.785. The van der Waals surface area contributed by atoms with Crippen LogP contribution in [-0.2, 0) is 9.59 Å². The van der Waals surface area contributed by atoms with Gasteiger partial charge >= 0.3 is 0 Å². The van der Waals surface area contributed by atoms with Crippen molar-refractivity contribution in [2.45, 2.75) is 19.9 Å². The van der Waals surface area contributed by atoms with E-state index < -0.39 is 11.9 Å². The van der Waals surface area contributed by atoms with Gasteiger partial charge in [-0.2, -0.15) is 0 Å². The lowest BCUT2D eigenvalue weighted by Crippen LogP contribution is -2.46. The van der Waals surface area contributed by atoms with Crippen molar-refractivity contribution in [2.24, 2.45) is 5.73 Å². The molecule has 2 amide bonds. The minimum absolute atomic E-state index is 0.266. The molecule has 0 saturated carbocycles. The summed E-state index contributed by atoms with van der Waals surface area (Å²) >= 11 is 0. The molecule has 1 unspecified atom stereocenters. The highest BCUT2D eigenvalue weighted by molar-refractivity contribution is 5.92. The maximum absolute atomic E-state index is 11.9. The molecule has 1 aromatic heterocycles. The summed E-state index contributed by atoms with van der Waals surface area (Å²) in [4.78, 5) is 28.4. The molecule has 0 aliphatic carbocycles. The first-order chi connectivity index (χ1) is 8.06. The summed E-state index contributed by atoms with van der Waals surface area (Å²) < 4.78 is 0. The van der Waals surface area contributed by atoms with E-state index in [2.05, 4.69) is 4.98 Å². The Labute approximate surface area is 101 Å². The molecular formula is C12H16N3O2. The van der Waals surface area contributed by atoms with Crippen molar-refractivity contribution in [3.05, 3.63) is 36.5 Å². The number of carbonyl (C=O) groups is 2. The molecule has 0 bridgehead atoms. The maximum Gasteiger partial charge on any atom is 0.239 e. The summed E-state index contributed by atoms with van der Waals surface area (Å²) in [5.41, 5.74) is 5.74. The minimum atomic E-state index is -0.618. The number of likely N-dealkylation sites (N-methyl/N-ethyl adjacent to an activating group) is 1. The highest BCUT2D eigenvalue weighted by atomic mass is 16.2. The first kappa shape index (κ1) is 13.2. The average molecular weight is 234 g/mol. The van der Waals surface area contributed by atoms with Gasteiger partial charge < -0.3 is 10.6 Å². The molecule has 2 N–H and O–H groups in total. The zero-order chi connectivity index (χ0) is 12.8. The number of pyridine rings is 1. The SMILES string of the molecule is CCN(C(=O)[CH]c1ccccn1)C(C)C(N)=O. The Morgan fingerprint density at radius 2 is 2.24 bits per heavy atom. The third-order valence-electron chi connectivity index (χ3n) is 2.46. The molecule has 1 rings (SSSR count). The second kappa shape index (κ2) is 5.98. The molecule has 1 radical (unpaired) electrons. The fourth-order valence-corrected chi connectivity index (χ4v) is 1.44. The highest BCUT2D eigenvalue weighted by Gasteiger charge is 2.22. The Hall–Kier alpha value is -1.91. The molecule has 0 fully saturated rings. The third kappa shape index (κ3) is 3.55. The summed E-state index contributed by atoms with van der Waals surface area (Å²) in [7, 11) is 0. The van der Waals surface area contributed by atoms with Crippen LogP contribution in [0.1, 0.15) is 19.5 Å². The van der Waals surface area contributed by atoms with Gasteiger partial charge in [0.1, 0.15) is 6.04 Å². The van der Waals surface area contributed by atoms with Crippen LogP contribution in [0, 0.1) is 6.42 Å². The van der Waals surface area contributed by atoms with Gasteiger partial charge in [-0.25, -0.2) is 0 Å². The van der Waals surface area contributed by atoms with Crippen molar-refractivity contribution in [3.63, 3.8) is 0 Å². The Morgan fingerprint density at radius 3 is 2.71 bits per heavy atom. The lowest BCUT2D eigenvalue weighted by Gasteiger charge is -2.25. The number of hydrogen-bond donors (Lipinski definition) is 1. The van der Waals surface area contributed by atoms with Crippen LogP contribution >= 0.6 is 0 Å². The number of hydrogen-bond acceptors (Lipinski definition) is 3. The molecule has 0 saturated heterocycles. The van der Waals surface area contributed by atoms with E-state index in [1.165, 1.54) is 11.3 Å². The monoisotopic (exact) mass is 234 g/mol. The van der Waals surface area contributed by atoms with Gasteiger partial charge in [-0.05, 0) is 26.0 Å². The molecule has 0 aromatic carbocycles. The molecule has 1 atom stereocenters. The normalized spacial score (nSPS) is 11.9. The first-order valence-electron chi connectivity index (χ1n) is 5.42. The van der Waals surface area contributed by atoms with E-state index in [-0.39, 0.29) is 5.91 Å². The third-order valence-corrected chi connectivity index (χ3v) is 2.46. The molecule has 0 aliphatic rings. The molecule has 5 heteroatoms. The fraction of sp³-hybridized carbons (Fsp3) is 0.333. The Morgan fingerprint density at radius 1 is 1.53 bits per heavy atom. The Balaban J connectivity index is 2.71. The summed E-state index contributed by atoms with van der Waals surface area (Å²) in [5, 5.41) is 0. The smallest absolute Gasteiger partial charge is 0.239 e. The number of nitrogens with two attached hydrogens (primary N) is 1. The fourth-order valence-electron chi connectivity index (χ4n) is 1.44. The van der Waals surface area contributed by atoms with Gasteiger partial charge in [0.25, 0.3) is 0 Å². The average Bonchev–Trinajstić information content (AvgIpc) is 2.30. The maximum atomic E-state index is 11.9. The van der Waals surface area contributed by atoms with Gasteiger partial charge in [-0.3, -0.25) is 14.6 Å². The van der Waals surface area contributed by atoms with Crippen molar-refractivity contribution >= 4 is 11.8 Å². The van der Waals surface area contributed by atoms with Crippen LogP contribution < -0.4 is 5.73 Å². The van der Waals surface area contributed by atoms with E-state index in [1.807, 2.05) is 0 Å². The van der Waals surface area contributed by atoms with E-state index in [9.17, 15) is 9.59 Å². The largest absolute Gasteiger partial charge is 0.368 e. The lowest BCUT2D eigenvalue weighted by atomic mass is 10.2. The second-order valence-electron chi connectivity index (χ2n) is 3.60. The topological polar surface area (TPSA) is 76.3 Å². The van der Waals surface area contributed by atoms with E-state index in [1.54, 1.807) is 38.2 Å². The zero-order valence-corrected chi connectivity index (χ0v) is 9.96. The predicted octanol–water partition coefficient (Wildman–Crippen LogP) is 0.356. The standard InChI is InChI=1S/C12H16N3O2/c1-3-15(9(2)12(13)17)11(16)8-10-6-4-5-7-14-10/h4-9H,3H2,1-2H3,(H2,13,17). The first-order valence-corrected chi connectivity index (χ1v) is 5.42. The zero-order valence-electron chi connectivity index (χ0n) is 9.96. The van der Waals surface area contributed by atoms with Crippen molar-refractivity contribution in [1.82, 2.24) is 9.88 Å². The van der Waals surface area contributed by atoms with Gasteiger partial charge in [0.2, 0.25) is 11.8 Å². The molecular weight excluding hydrogens is 218 g/mol. The minimum Gasteiger partial charge on any atom is -0.368 e. The van der Waals surface area contributed by atoms with Crippen molar-refractivity contribution < 1.29 is 9.59 Å². The van der Waals surface area contributed by atoms with Crippen LogP contribution in [0.25, 0.3) is 0 Å². The number of carbonyl (C=O) groups excluding carboxylic acids is 2. The van der Waals surface area contributed by atoms with Gasteiger partial charge in [0.15, 0.2) is 0 Å². The van der Waals surface area contributed by atoms with Crippen molar-refractivity contribution in [2.75, 3.05) is 6.54 Å². The van der Waals surface area contributed by atoms with Crippen LogP contribution in [-0.4, -0.2) is 34.3 Å². The summed E-state index contributed by atoms with van der Waals surface area (Å²) in [6.07, 6.45) is 3.00. The van der Waals surface area contributed by atoms with Crippen LogP contribution in [0.3, 0.4) is 0 Å². The van der Waals surface area contributed by atoms with Gasteiger partial charge in [-0.15, -0.1) is 0 Å². The molecule has 0 spiro atoms. The second-order valence-corrected chi connectivity index (χ2v) is 3.60. The van der Waals surface area contributed by atoms with E-state index in [0.717, 1.165) is 0 Å². The highest BCUT2D eigenvalue weighted by Crippen LogP contribution is 2.05. The van der Waals surface area contributed by atoms with Gasteiger partial charge in [0, 0.05) is 12.7 Å². The summed E-state index contributed by atoms with van der Waals surface area (Å²) in [6, 6.07) is 4.67. The molecule has 91 valence electrons. The number of nitrogens with zero attached hydrogens (tertiary/aromatic N) is 2. The van der Waals surface area contributed by atoms with E-state index in [0.29, 0.717) is 12.2 Å². The Bertz CT molecular complexity index is 392. The van der Waals surface area contributed by atoms with Crippen LogP contribution in [0.2, 0.25) is 0 Å². The molecule has 1 aromatic rings. The van der Waals surface area contributed by atoms with Crippen molar-refractivity contribution in [1.29, 1.82) is 0 Å². The van der Waals surface area contributed by atoms with Crippen LogP contribution in [0.5, 0.6) is 0 Å². The van der Waals surface area contributed by atoms with E-state index in [4.69, 9.17) is 5.73 Å². The van der Waals surface area contributed by atoms with E-state index >= 15 is 0 Å². The quantitative estimate of drug-likeness (QED) is 0.799. The number of amides is 2. The molecule has 1 heterocycles. The predicted molar refractivity (Wildman–Crippen MR) is 63.7 cm³/mol. The Kier molecular flexibility index (Phi) is 4.63. The van der Waals surface area contributed by atoms with Crippen molar-refractivity contribution in [3.8, 4) is 0 Å². The number of primary amides is 1.